The summed E-state index contributed by atoms with van der Waals surface area (Å²) >= 11 is 13.7. The van der Waals surface area contributed by atoms with E-state index in [-0.39, 0.29) is 5.91 Å². The topological polar surface area (TPSA) is 65.8 Å². The van der Waals surface area contributed by atoms with E-state index < -0.39 is 0 Å². The van der Waals surface area contributed by atoms with Crippen LogP contribution in [-0.4, -0.2) is 51.4 Å². The highest BCUT2D eigenvalue weighted by Crippen LogP contribution is 2.45. The molecule has 1 fully saturated rings. The first-order valence-electron chi connectivity index (χ1n) is 8.15. The molecule has 2 heterocycles. The zero-order chi connectivity index (χ0) is 19.6. The van der Waals surface area contributed by atoms with Crippen LogP contribution in [-0.2, 0) is 9.57 Å². The third-order valence-electron chi connectivity index (χ3n) is 4.25. The number of ether oxygens (including phenoxy) is 1. The highest BCUT2D eigenvalue weighted by molar-refractivity contribution is 7.18. The number of anilines is 1. The smallest absolute Gasteiger partial charge is 0.287 e. The number of rotatable bonds is 4. The van der Waals surface area contributed by atoms with Gasteiger partial charge < -0.3 is 9.64 Å². The minimum Gasteiger partial charge on any atom is -0.378 e. The number of amides is 1. The summed E-state index contributed by atoms with van der Waals surface area (Å²) in [6.45, 7) is 2.44. The Bertz CT molecular complexity index is 904. The Morgan fingerprint density at radius 1 is 1.37 bits per heavy atom. The van der Waals surface area contributed by atoms with Crippen molar-refractivity contribution in [3.8, 4) is 17.2 Å². The van der Waals surface area contributed by atoms with Crippen molar-refractivity contribution in [1.82, 2.24) is 5.06 Å². The molecule has 0 spiro atoms. The van der Waals surface area contributed by atoms with Crippen molar-refractivity contribution in [3.05, 3.63) is 38.7 Å². The molecule has 3 rings (SSSR count). The number of hydrogen-bond acceptors (Lipinski definition) is 6. The zero-order valence-corrected chi connectivity index (χ0v) is 17.1. The van der Waals surface area contributed by atoms with Gasteiger partial charge in [-0.1, -0.05) is 29.3 Å². The predicted molar refractivity (Wildman–Crippen MR) is 107 cm³/mol. The zero-order valence-electron chi connectivity index (χ0n) is 14.8. The summed E-state index contributed by atoms with van der Waals surface area (Å²) in [5.74, 6) is -0.348. The molecule has 0 aliphatic carbocycles. The molecule has 1 amide bonds. The van der Waals surface area contributed by atoms with Crippen molar-refractivity contribution in [2.45, 2.75) is 0 Å². The van der Waals surface area contributed by atoms with E-state index in [0.29, 0.717) is 57.9 Å². The average Bonchev–Trinajstić information content (AvgIpc) is 3.06. The first kappa shape index (κ1) is 19.9. The van der Waals surface area contributed by atoms with Crippen LogP contribution in [0.1, 0.15) is 15.2 Å². The first-order valence-corrected chi connectivity index (χ1v) is 9.72. The van der Waals surface area contributed by atoms with Crippen LogP contribution in [0, 0.1) is 11.3 Å². The van der Waals surface area contributed by atoms with Crippen LogP contribution in [0.5, 0.6) is 0 Å². The number of hydrogen-bond donors (Lipinski definition) is 0. The Labute approximate surface area is 171 Å². The number of hydroxylamine groups is 2. The Balaban J connectivity index is 2.23. The van der Waals surface area contributed by atoms with Gasteiger partial charge in [-0.05, 0) is 12.1 Å². The molecule has 142 valence electrons. The van der Waals surface area contributed by atoms with Gasteiger partial charge in [0.15, 0.2) is 0 Å². The van der Waals surface area contributed by atoms with Crippen molar-refractivity contribution in [2.75, 3.05) is 45.4 Å². The lowest BCUT2D eigenvalue weighted by Crippen LogP contribution is -2.36. The number of nitrogens with zero attached hydrogens (tertiary/aromatic N) is 3. The lowest BCUT2D eigenvalue weighted by atomic mass is 10.0. The highest BCUT2D eigenvalue weighted by atomic mass is 35.5. The molecular weight excluding hydrogens is 409 g/mol. The van der Waals surface area contributed by atoms with Crippen LogP contribution >= 0.6 is 34.5 Å². The summed E-state index contributed by atoms with van der Waals surface area (Å²) in [6.07, 6.45) is 0. The fourth-order valence-electron chi connectivity index (χ4n) is 2.84. The fourth-order valence-corrected chi connectivity index (χ4v) is 4.63. The summed E-state index contributed by atoms with van der Waals surface area (Å²) in [7, 11) is 2.93. The number of benzene rings is 1. The molecule has 0 atom stereocenters. The van der Waals surface area contributed by atoms with Gasteiger partial charge in [0.05, 0.1) is 25.9 Å². The van der Waals surface area contributed by atoms with E-state index in [1.807, 2.05) is 0 Å². The molecule has 0 radical (unpaired) electrons. The number of morpholine rings is 1. The van der Waals surface area contributed by atoms with Gasteiger partial charge in [-0.25, -0.2) is 5.06 Å². The number of halogens is 2. The molecule has 0 bridgehead atoms. The summed E-state index contributed by atoms with van der Waals surface area (Å²) in [4.78, 5) is 20.4. The van der Waals surface area contributed by atoms with E-state index in [0.717, 1.165) is 10.1 Å². The number of thiophene rings is 1. The predicted octanol–water partition coefficient (Wildman–Crippen LogP) is 4.06. The summed E-state index contributed by atoms with van der Waals surface area (Å²) in [5, 5.41) is 12.6. The molecule has 6 nitrogen and oxygen atoms in total. The second kappa shape index (κ2) is 8.46. The van der Waals surface area contributed by atoms with Crippen molar-refractivity contribution in [2.24, 2.45) is 0 Å². The van der Waals surface area contributed by atoms with Gasteiger partial charge in [-0.2, -0.15) is 5.26 Å². The van der Waals surface area contributed by atoms with Gasteiger partial charge in [0.1, 0.15) is 15.9 Å². The lowest BCUT2D eigenvalue weighted by Gasteiger charge is -2.27. The van der Waals surface area contributed by atoms with Crippen molar-refractivity contribution in [3.63, 3.8) is 0 Å². The Hall–Kier alpha value is -1.82. The molecule has 1 saturated heterocycles. The Morgan fingerprint density at radius 2 is 2.07 bits per heavy atom. The maximum atomic E-state index is 12.9. The molecule has 0 N–H and O–H groups in total. The lowest BCUT2D eigenvalue weighted by molar-refractivity contribution is -0.0753. The Morgan fingerprint density at radius 3 is 2.67 bits per heavy atom. The van der Waals surface area contributed by atoms with Gasteiger partial charge in [-0.15, -0.1) is 11.3 Å². The number of nitriles is 1. The van der Waals surface area contributed by atoms with Gasteiger partial charge in [0, 0.05) is 41.3 Å². The molecule has 2 aromatic rings. The third-order valence-corrected chi connectivity index (χ3v) is 6.04. The van der Waals surface area contributed by atoms with E-state index in [4.69, 9.17) is 32.8 Å². The van der Waals surface area contributed by atoms with Crippen LogP contribution in [0.2, 0.25) is 10.0 Å². The van der Waals surface area contributed by atoms with Crippen molar-refractivity contribution in [1.29, 1.82) is 5.26 Å². The van der Waals surface area contributed by atoms with Gasteiger partial charge in [0.25, 0.3) is 5.91 Å². The normalized spacial score (nSPS) is 14.1. The molecule has 27 heavy (non-hydrogen) atoms. The van der Waals surface area contributed by atoms with E-state index in [1.54, 1.807) is 18.2 Å². The molecule has 0 saturated carbocycles. The monoisotopic (exact) mass is 425 g/mol. The molecule has 1 aliphatic heterocycles. The van der Waals surface area contributed by atoms with Gasteiger partial charge in [0.2, 0.25) is 0 Å². The third kappa shape index (κ3) is 3.91. The fraction of sp³-hybridized carbons (Fsp3) is 0.333. The SMILES string of the molecule is CON(C)C(=O)c1sc(N2CCOCC2)c(C#N)c1-c1ccc(Cl)cc1Cl. The van der Waals surface area contributed by atoms with Gasteiger partial charge >= 0.3 is 0 Å². The summed E-state index contributed by atoms with van der Waals surface area (Å²) < 4.78 is 5.40. The Kier molecular flexibility index (Phi) is 6.25. The number of carbonyl (C=O) groups is 1. The quantitative estimate of drug-likeness (QED) is 0.690. The summed E-state index contributed by atoms with van der Waals surface area (Å²) in [6, 6.07) is 7.26. The average molecular weight is 426 g/mol. The summed E-state index contributed by atoms with van der Waals surface area (Å²) in [5.41, 5.74) is 1.50. The second-order valence-corrected chi connectivity index (χ2v) is 7.65. The molecule has 0 unspecified atom stereocenters. The minimum atomic E-state index is -0.348. The van der Waals surface area contributed by atoms with Crippen LogP contribution < -0.4 is 4.90 Å². The van der Waals surface area contributed by atoms with Crippen LogP contribution in [0.3, 0.4) is 0 Å². The van der Waals surface area contributed by atoms with Crippen molar-refractivity contribution < 1.29 is 14.4 Å². The van der Waals surface area contributed by atoms with E-state index in [9.17, 15) is 10.1 Å². The molecule has 1 aromatic heterocycles. The largest absolute Gasteiger partial charge is 0.378 e. The molecule has 9 heteroatoms. The first-order chi connectivity index (χ1) is 13.0. The van der Waals surface area contributed by atoms with Gasteiger partial charge in [-0.3, -0.25) is 9.63 Å². The maximum Gasteiger partial charge on any atom is 0.287 e. The van der Waals surface area contributed by atoms with E-state index >= 15 is 0 Å². The molecular formula is C18H17Cl2N3O3S. The van der Waals surface area contributed by atoms with Crippen LogP contribution in [0.25, 0.3) is 11.1 Å². The second-order valence-electron chi connectivity index (χ2n) is 5.81. The van der Waals surface area contributed by atoms with E-state index in [1.165, 1.54) is 25.5 Å². The van der Waals surface area contributed by atoms with E-state index in [2.05, 4.69) is 11.0 Å². The van der Waals surface area contributed by atoms with Crippen LogP contribution in [0.4, 0.5) is 5.00 Å². The van der Waals surface area contributed by atoms with Crippen molar-refractivity contribution >= 4 is 45.4 Å². The standard InChI is InChI=1S/C18H17Cl2N3O3S/c1-22(25-2)17(24)16-15(12-4-3-11(19)9-14(12)20)13(10-21)18(27-16)23-5-7-26-8-6-23/h3-4,9H,5-8H2,1-2H3. The maximum absolute atomic E-state index is 12.9. The van der Waals surface area contributed by atoms with Crippen LogP contribution in [0.15, 0.2) is 18.2 Å². The number of carbonyl (C=O) groups excluding carboxylic acids is 1. The highest BCUT2D eigenvalue weighted by Gasteiger charge is 2.30. The minimum absolute atomic E-state index is 0.348. The molecule has 1 aromatic carbocycles. The molecule has 1 aliphatic rings.